The molecule has 0 radical (unpaired) electrons. The van der Waals surface area contributed by atoms with Crippen LogP contribution >= 0.6 is 22.7 Å². The maximum Gasteiger partial charge on any atom is 0.261 e. The van der Waals surface area contributed by atoms with Crippen LogP contribution in [0, 0.1) is 6.92 Å². The summed E-state index contributed by atoms with van der Waals surface area (Å²) >= 11 is 2.86. The topological polar surface area (TPSA) is 78.5 Å². The van der Waals surface area contributed by atoms with Gasteiger partial charge in [0.25, 0.3) is 5.91 Å². The molecule has 1 fully saturated rings. The standard InChI is InChI=1S/C26H29N3O3S2/c1-18-8-2-5-12-21(18)24(26(32)28-19-9-3-4-10-19)29(17-20-11-6-14-33-20)23(30)16-27-25(31)22-13-7-15-34-22/h2,5-8,11-15,19,24H,3-4,9-10,16-17H2,1H3,(H,27,31)(H,28,32)/t24-/m1/s1. The molecule has 0 unspecified atom stereocenters. The van der Waals surface area contributed by atoms with Gasteiger partial charge in [-0.3, -0.25) is 14.4 Å². The van der Waals surface area contributed by atoms with Gasteiger partial charge in [-0.25, -0.2) is 0 Å². The van der Waals surface area contributed by atoms with E-state index in [-0.39, 0.29) is 30.3 Å². The van der Waals surface area contributed by atoms with Crippen LogP contribution in [-0.4, -0.2) is 35.2 Å². The van der Waals surface area contributed by atoms with Crippen LogP contribution in [0.2, 0.25) is 0 Å². The third kappa shape index (κ3) is 5.93. The van der Waals surface area contributed by atoms with Crippen molar-refractivity contribution in [2.45, 2.75) is 51.2 Å². The minimum Gasteiger partial charge on any atom is -0.351 e. The van der Waals surface area contributed by atoms with E-state index in [1.165, 1.54) is 11.3 Å². The third-order valence-corrected chi connectivity index (χ3v) is 7.85. The highest BCUT2D eigenvalue weighted by molar-refractivity contribution is 7.12. The predicted octanol–water partition coefficient (Wildman–Crippen LogP) is 4.68. The Bertz CT molecular complexity index is 1110. The van der Waals surface area contributed by atoms with Crippen molar-refractivity contribution in [3.63, 3.8) is 0 Å². The van der Waals surface area contributed by atoms with Gasteiger partial charge in [0.1, 0.15) is 6.04 Å². The number of carbonyl (C=O) groups is 3. The molecular weight excluding hydrogens is 466 g/mol. The Morgan fingerprint density at radius 1 is 1.00 bits per heavy atom. The number of amides is 3. The number of hydrogen-bond donors (Lipinski definition) is 2. The molecule has 2 N–H and O–H groups in total. The van der Waals surface area contributed by atoms with Crippen LogP contribution in [0.25, 0.3) is 0 Å². The minimum absolute atomic E-state index is 0.135. The summed E-state index contributed by atoms with van der Waals surface area (Å²) in [4.78, 5) is 42.8. The first-order valence-corrected chi connectivity index (χ1v) is 13.3. The van der Waals surface area contributed by atoms with Crippen LogP contribution in [0.3, 0.4) is 0 Å². The van der Waals surface area contributed by atoms with E-state index in [1.807, 2.05) is 54.1 Å². The minimum atomic E-state index is -0.782. The number of carbonyl (C=O) groups excluding carboxylic acids is 3. The highest BCUT2D eigenvalue weighted by atomic mass is 32.1. The van der Waals surface area contributed by atoms with Crippen molar-refractivity contribution in [3.05, 3.63) is 80.2 Å². The summed E-state index contributed by atoms with van der Waals surface area (Å²) in [6.45, 7) is 2.07. The van der Waals surface area contributed by atoms with E-state index >= 15 is 0 Å². The molecule has 1 aliphatic rings. The van der Waals surface area contributed by atoms with Crippen LogP contribution in [0.15, 0.2) is 59.3 Å². The molecule has 178 valence electrons. The maximum atomic E-state index is 13.7. The predicted molar refractivity (Wildman–Crippen MR) is 136 cm³/mol. The highest BCUT2D eigenvalue weighted by Gasteiger charge is 2.34. The number of aryl methyl sites for hydroxylation is 1. The Morgan fingerprint density at radius 3 is 2.41 bits per heavy atom. The van der Waals surface area contributed by atoms with E-state index in [0.29, 0.717) is 11.4 Å². The van der Waals surface area contributed by atoms with Crippen molar-refractivity contribution in [2.75, 3.05) is 6.54 Å². The fourth-order valence-electron chi connectivity index (χ4n) is 4.34. The lowest BCUT2D eigenvalue weighted by Crippen LogP contribution is -2.48. The average molecular weight is 496 g/mol. The molecule has 2 heterocycles. The lowest BCUT2D eigenvalue weighted by molar-refractivity contribution is -0.141. The first-order chi connectivity index (χ1) is 16.5. The van der Waals surface area contributed by atoms with Gasteiger partial charge in [-0.1, -0.05) is 49.2 Å². The molecule has 1 aliphatic carbocycles. The Balaban J connectivity index is 1.62. The van der Waals surface area contributed by atoms with Crippen molar-refractivity contribution >= 4 is 40.4 Å². The molecule has 4 rings (SSSR count). The Hall–Kier alpha value is -2.97. The second-order valence-corrected chi connectivity index (χ2v) is 10.5. The molecular formula is C26H29N3O3S2. The van der Waals surface area contributed by atoms with Crippen LogP contribution in [0.4, 0.5) is 0 Å². The summed E-state index contributed by atoms with van der Waals surface area (Å²) in [5, 5.41) is 9.70. The summed E-state index contributed by atoms with van der Waals surface area (Å²) in [7, 11) is 0. The van der Waals surface area contributed by atoms with Crippen LogP contribution in [-0.2, 0) is 16.1 Å². The summed E-state index contributed by atoms with van der Waals surface area (Å²) < 4.78 is 0. The molecule has 6 nitrogen and oxygen atoms in total. The average Bonchev–Trinajstić information content (AvgIpc) is 3.62. The van der Waals surface area contributed by atoms with Crippen molar-refractivity contribution in [3.8, 4) is 0 Å². The van der Waals surface area contributed by atoms with E-state index in [9.17, 15) is 14.4 Å². The molecule has 3 aromatic rings. The second-order valence-electron chi connectivity index (χ2n) is 8.51. The smallest absolute Gasteiger partial charge is 0.261 e. The van der Waals surface area contributed by atoms with Gasteiger partial charge >= 0.3 is 0 Å². The van der Waals surface area contributed by atoms with Gasteiger partial charge in [0, 0.05) is 10.9 Å². The maximum absolute atomic E-state index is 13.7. The number of thiophene rings is 2. The fourth-order valence-corrected chi connectivity index (χ4v) is 5.68. The molecule has 0 spiro atoms. The monoisotopic (exact) mass is 495 g/mol. The van der Waals surface area contributed by atoms with Crippen LogP contribution in [0.5, 0.6) is 0 Å². The van der Waals surface area contributed by atoms with Crippen LogP contribution < -0.4 is 10.6 Å². The highest BCUT2D eigenvalue weighted by Crippen LogP contribution is 2.29. The van der Waals surface area contributed by atoms with Crippen molar-refractivity contribution < 1.29 is 14.4 Å². The molecule has 0 bridgehead atoms. The first kappa shape index (κ1) is 24.2. The number of hydrogen-bond acceptors (Lipinski definition) is 5. The Labute approximate surface area is 208 Å². The normalized spacial score (nSPS) is 14.5. The van der Waals surface area contributed by atoms with Crippen molar-refractivity contribution in [1.29, 1.82) is 0 Å². The molecule has 34 heavy (non-hydrogen) atoms. The van der Waals surface area contributed by atoms with Gasteiger partial charge in [-0.15, -0.1) is 22.7 Å². The SMILES string of the molecule is Cc1ccccc1[C@H](C(=O)NC1CCCC1)N(Cc1cccs1)C(=O)CNC(=O)c1cccs1. The zero-order valence-corrected chi connectivity index (χ0v) is 20.8. The van der Waals surface area contributed by atoms with Crippen molar-refractivity contribution in [2.24, 2.45) is 0 Å². The van der Waals surface area contributed by atoms with Gasteiger partial charge in [-0.2, -0.15) is 0 Å². The number of rotatable bonds is 9. The number of benzene rings is 1. The molecule has 1 atom stereocenters. The molecule has 2 aromatic heterocycles. The van der Waals surface area contributed by atoms with E-state index in [2.05, 4.69) is 10.6 Å². The molecule has 0 saturated heterocycles. The van der Waals surface area contributed by atoms with Crippen LogP contribution in [0.1, 0.15) is 57.4 Å². The summed E-state index contributed by atoms with van der Waals surface area (Å²) in [5.41, 5.74) is 1.74. The zero-order chi connectivity index (χ0) is 23.9. The van der Waals surface area contributed by atoms with E-state index in [1.54, 1.807) is 28.4 Å². The molecule has 0 aliphatic heterocycles. The van der Waals surface area contributed by atoms with Gasteiger partial charge in [0.2, 0.25) is 11.8 Å². The summed E-state index contributed by atoms with van der Waals surface area (Å²) in [6, 6.07) is 14.4. The lowest BCUT2D eigenvalue weighted by atomic mass is 9.98. The van der Waals surface area contributed by atoms with Crippen molar-refractivity contribution in [1.82, 2.24) is 15.5 Å². The quantitative estimate of drug-likeness (QED) is 0.453. The molecule has 1 saturated carbocycles. The molecule has 3 amide bonds. The molecule has 8 heteroatoms. The molecule has 1 aromatic carbocycles. The van der Waals surface area contributed by atoms with Gasteiger partial charge in [0.15, 0.2) is 0 Å². The summed E-state index contributed by atoms with van der Waals surface area (Å²) in [5.74, 6) is -0.758. The second kappa shape index (κ2) is 11.4. The van der Waals surface area contributed by atoms with E-state index in [0.717, 1.165) is 41.7 Å². The Kier molecular flexibility index (Phi) is 8.13. The fraction of sp³-hybridized carbons (Fsp3) is 0.346. The largest absolute Gasteiger partial charge is 0.351 e. The first-order valence-electron chi connectivity index (χ1n) is 11.5. The van der Waals surface area contributed by atoms with Gasteiger partial charge in [-0.05, 0) is 53.8 Å². The third-order valence-electron chi connectivity index (χ3n) is 6.12. The van der Waals surface area contributed by atoms with Gasteiger partial charge < -0.3 is 15.5 Å². The lowest BCUT2D eigenvalue weighted by Gasteiger charge is -2.33. The number of nitrogens with zero attached hydrogens (tertiary/aromatic N) is 1. The van der Waals surface area contributed by atoms with Gasteiger partial charge in [0.05, 0.1) is 18.0 Å². The van der Waals surface area contributed by atoms with E-state index in [4.69, 9.17) is 0 Å². The number of nitrogens with one attached hydrogen (secondary N) is 2. The van der Waals surface area contributed by atoms with E-state index < -0.39 is 6.04 Å². The summed E-state index contributed by atoms with van der Waals surface area (Å²) in [6.07, 6.45) is 4.13. The zero-order valence-electron chi connectivity index (χ0n) is 19.2. The Morgan fingerprint density at radius 2 is 1.74 bits per heavy atom.